The number of oxazole rings is 1. The summed E-state index contributed by atoms with van der Waals surface area (Å²) < 4.78 is 10.7. The van der Waals surface area contributed by atoms with Crippen LogP contribution >= 0.6 is 0 Å². The smallest absolute Gasteiger partial charge is 0.254 e. The summed E-state index contributed by atoms with van der Waals surface area (Å²) in [6.07, 6.45) is 6.12. The first-order valence-electron chi connectivity index (χ1n) is 7.51. The van der Waals surface area contributed by atoms with Crippen LogP contribution in [-0.4, -0.2) is 28.6 Å². The lowest BCUT2D eigenvalue weighted by molar-refractivity contribution is -0.124. The number of anilines is 1. The number of fused-ring (bicyclic) bond motifs is 1. The Bertz CT molecular complexity index is 839. The number of rotatable bonds is 3. The number of benzene rings is 1. The molecular formula is C17H15N3O3. The number of nitrogens with zero attached hydrogens (tertiary/aromatic N) is 2. The molecule has 2 aromatic heterocycles. The van der Waals surface area contributed by atoms with Crippen molar-refractivity contribution in [3.8, 4) is 11.3 Å². The number of carbonyl (C=O) groups is 1. The van der Waals surface area contributed by atoms with E-state index in [1.807, 2.05) is 24.3 Å². The molecule has 1 aliphatic rings. The van der Waals surface area contributed by atoms with Gasteiger partial charge in [-0.1, -0.05) is 12.1 Å². The second kappa shape index (κ2) is 5.81. The summed E-state index contributed by atoms with van der Waals surface area (Å²) in [7, 11) is 0. The predicted molar refractivity (Wildman–Crippen MR) is 84.8 cm³/mol. The van der Waals surface area contributed by atoms with Gasteiger partial charge in [-0.15, -0.1) is 0 Å². The lowest BCUT2D eigenvalue weighted by atomic mass is 10.1. The van der Waals surface area contributed by atoms with Crippen molar-refractivity contribution in [3.63, 3.8) is 0 Å². The third-order valence-corrected chi connectivity index (χ3v) is 3.91. The van der Waals surface area contributed by atoms with Crippen molar-refractivity contribution in [2.24, 2.45) is 0 Å². The maximum Gasteiger partial charge on any atom is 0.254 e. The Hall–Kier alpha value is -2.73. The van der Waals surface area contributed by atoms with Gasteiger partial charge < -0.3 is 14.5 Å². The first-order valence-corrected chi connectivity index (χ1v) is 7.51. The highest BCUT2D eigenvalue weighted by molar-refractivity contribution is 5.96. The van der Waals surface area contributed by atoms with E-state index in [0.29, 0.717) is 18.2 Å². The molecule has 1 atom stereocenters. The molecule has 6 nitrogen and oxygen atoms in total. The molecule has 0 spiro atoms. The van der Waals surface area contributed by atoms with Crippen LogP contribution in [0.3, 0.4) is 0 Å². The Morgan fingerprint density at radius 2 is 2.17 bits per heavy atom. The van der Waals surface area contributed by atoms with Crippen LogP contribution in [0, 0.1) is 0 Å². The summed E-state index contributed by atoms with van der Waals surface area (Å²) in [5.41, 5.74) is 0.928. The maximum atomic E-state index is 12.1. The van der Waals surface area contributed by atoms with Crippen molar-refractivity contribution >= 4 is 22.5 Å². The quantitative estimate of drug-likeness (QED) is 0.804. The van der Waals surface area contributed by atoms with E-state index in [9.17, 15) is 4.79 Å². The lowest BCUT2D eigenvalue weighted by Gasteiger charge is -2.10. The van der Waals surface area contributed by atoms with E-state index in [4.69, 9.17) is 9.15 Å². The van der Waals surface area contributed by atoms with Crippen molar-refractivity contribution in [1.82, 2.24) is 9.97 Å². The molecular weight excluding hydrogens is 294 g/mol. The van der Waals surface area contributed by atoms with Crippen LogP contribution in [0.15, 0.2) is 47.5 Å². The number of nitrogens with one attached hydrogen (secondary N) is 1. The predicted octanol–water partition coefficient (Wildman–Crippen LogP) is 3.01. The fourth-order valence-corrected chi connectivity index (χ4v) is 2.71. The number of aromatic nitrogens is 2. The van der Waals surface area contributed by atoms with Gasteiger partial charge in [0, 0.05) is 23.8 Å². The Morgan fingerprint density at radius 1 is 1.22 bits per heavy atom. The summed E-state index contributed by atoms with van der Waals surface area (Å²) in [5, 5.41) is 4.78. The highest BCUT2D eigenvalue weighted by atomic mass is 16.5. The largest absolute Gasteiger partial charge is 0.444 e. The number of ether oxygens (including phenoxy) is 1. The molecule has 6 heteroatoms. The van der Waals surface area contributed by atoms with Crippen LogP contribution in [0.2, 0.25) is 0 Å². The van der Waals surface area contributed by atoms with Crippen LogP contribution in [0.4, 0.5) is 5.82 Å². The minimum atomic E-state index is -0.368. The van der Waals surface area contributed by atoms with Crippen LogP contribution in [0.1, 0.15) is 12.8 Å². The molecule has 116 valence electrons. The molecule has 1 aromatic carbocycles. The first-order chi connectivity index (χ1) is 11.3. The highest BCUT2D eigenvalue weighted by Gasteiger charge is 2.23. The van der Waals surface area contributed by atoms with Crippen molar-refractivity contribution in [1.29, 1.82) is 0 Å². The zero-order chi connectivity index (χ0) is 15.6. The topological polar surface area (TPSA) is 77.3 Å². The fourth-order valence-electron chi connectivity index (χ4n) is 2.71. The van der Waals surface area contributed by atoms with Crippen molar-refractivity contribution in [3.05, 3.63) is 43.1 Å². The van der Waals surface area contributed by atoms with Gasteiger partial charge in [0.1, 0.15) is 11.9 Å². The Balaban J connectivity index is 1.62. The van der Waals surface area contributed by atoms with E-state index < -0.39 is 0 Å². The van der Waals surface area contributed by atoms with Gasteiger partial charge in [0.05, 0.1) is 6.20 Å². The van der Waals surface area contributed by atoms with E-state index in [1.165, 1.54) is 6.39 Å². The molecule has 1 N–H and O–H groups in total. The average molecular weight is 309 g/mol. The van der Waals surface area contributed by atoms with Crippen molar-refractivity contribution < 1.29 is 13.9 Å². The van der Waals surface area contributed by atoms with Gasteiger partial charge in [-0.25, -0.2) is 9.97 Å². The van der Waals surface area contributed by atoms with Gasteiger partial charge in [-0.2, -0.15) is 0 Å². The first kappa shape index (κ1) is 13.9. The number of hydrogen-bond donors (Lipinski definition) is 1. The maximum absolute atomic E-state index is 12.1. The van der Waals surface area contributed by atoms with Crippen LogP contribution in [-0.2, 0) is 9.53 Å². The third-order valence-electron chi connectivity index (χ3n) is 3.91. The van der Waals surface area contributed by atoms with Gasteiger partial charge >= 0.3 is 0 Å². The van der Waals surface area contributed by atoms with Gasteiger partial charge in [-0.05, 0) is 30.4 Å². The summed E-state index contributed by atoms with van der Waals surface area (Å²) in [6.45, 7) is 0.643. The summed E-state index contributed by atoms with van der Waals surface area (Å²) in [5.74, 6) is 1.09. The molecule has 0 aliphatic carbocycles. The van der Waals surface area contributed by atoms with Crippen molar-refractivity contribution in [2.75, 3.05) is 11.9 Å². The summed E-state index contributed by atoms with van der Waals surface area (Å²) in [6, 6.07) is 7.75. The number of amides is 1. The third kappa shape index (κ3) is 2.80. The van der Waals surface area contributed by atoms with Crippen LogP contribution in [0.25, 0.3) is 22.1 Å². The molecule has 3 heterocycles. The van der Waals surface area contributed by atoms with E-state index in [1.54, 1.807) is 12.4 Å². The van der Waals surface area contributed by atoms with Gasteiger partial charge in [0.15, 0.2) is 12.2 Å². The Morgan fingerprint density at radius 3 is 2.96 bits per heavy atom. The van der Waals surface area contributed by atoms with Crippen LogP contribution < -0.4 is 5.32 Å². The van der Waals surface area contributed by atoms with E-state index in [0.717, 1.165) is 29.2 Å². The minimum Gasteiger partial charge on any atom is -0.444 e. The average Bonchev–Trinajstić information content (AvgIpc) is 3.27. The summed E-state index contributed by atoms with van der Waals surface area (Å²) in [4.78, 5) is 20.3. The second-order valence-electron chi connectivity index (χ2n) is 5.49. The van der Waals surface area contributed by atoms with Gasteiger partial charge in [-0.3, -0.25) is 4.79 Å². The van der Waals surface area contributed by atoms with E-state index in [-0.39, 0.29) is 12.0 Å². The van der Waals surface area contributed by atoms with E-state index in [2.05, 4.69) is 15.3 Å². The van der Waals surface area contributed by atoms with Crippen LogP contribution in [0.5, 0.6) is 0 Å². The standard InChI is InChI=1S/C17H15N3O3/c21-17(14-2-1-5-22-14)20-16-7-13-6-11(15-9-18-10-23-15)3-4-12(13)8-19-16/h3-4,6-10,14H,1-2,5H2,(H,19,20,21). The molecule has 1 saturated heterocycles. The van der Waals surface area contributed by atoms with E-state index >= 15 is 0 Å². The highest BCUT2D eigenvalue weighted by Crippen LogP contribution is 2.25. The fraction of sp³-hybridized carbons (Fsp3) is 0.235. The number of carbonyl (C=O) groups excluding carboxylic acids is 1. The van der Waals surface area contributed by atoms with Gasteiger partial charge in [0.25, 0.3) is 5.91 Å². The molecule has 0 radical (unpaired) electrons. The molecule has 0 bridgehead atoms. The van der Waals surface area contributed by atoms with Crippen molar-refractivity contribution in [2.45, 2.75) is 18.9 Å². The lowest BCUT2D eigenvalue weighted by Crippen LogP contribution is -2.27. The molecule has 3 aromatic rings. The number of hydrogen-bond acceptors (Lipinski definition) is 5. The molecule has 1 unspecified atom stereocenters. The SMILES string of the molecule is O=C(Nc1cc2cc(-c3cnco3)ccc2cn1)C1CCCO1. The molecule has 0 saturated carbocycles. The zero-order valence-electron chi connectivity index (χ0n) is 12.4. The molecule has 4 rings (SSSR count). The minimum absolute atomic E-state index is 0.138. The Labute approximate surface area is 132 Å². The molecule has 1 aliphatic heterocycles. The molecule has 1 fully saturated rings. The summed E-state index contributed by atoms with van der Waals surface area (Å²) >= 11 is 0. The second-order valence-corrected chi connectivity index (χ2v) is 5.49. The Kier molecular flexibility index (Phi) is 3.51. The molecule has 1 amide bonds. The normalized spacial score (nSPS) is 17.5. The number of pyridine rings is 1. The molecule has 23 heavy (non-hydrogen) atoms. The van der Waals surface area contributed by atoms with Gasteiger partial charge in [0.2, 0.25) is 0 Å². The monoisotopic (exact) mass is 309 g/mol. The zero-order valence-corrected chi connectivity index (χ0v) is 12.4.